The Kier molecular flexibility index (Phi) is 4.49. The lowest BCUT2D eigenvalue weighted by molar-refractivity contribution is -0.120. The number of hydrogen-bond donors (Lipinski definition) is 1. The van der Waals surface area contributed by atoms with Crippen LogP contribution in [0, 0.1) is 0 Å². The molecule has 0 heterocycles. The van der Waals surface area contributed by atoms with Crippen molar-refractivity contribution in [3.05, 3.63) is 35.9 Å². The van der Waals surface area contributed by atoms with E-state index in [1.807, 2.05) is 30.3 Å². The van der Waals surface area contributed by atoms with Gasteiger partial charge in [-0.05, 0) is 5.56 Å². The fourth-order valence-electron chi connectivity index (χ4n) is 1.22. The molecule has 0 bridgehead atoms. The van der Waals surface area contributed by atoms with Crippen LogP contribution in [0.1, 0.15) is 5.56 Å². The van der Waals surface area contributed by atoms with Crippen molar-refractivity contribution in [1.82, 2.24) is 5.32 Å². The molecule has 5 heteroatoms. The summed E-state index contributed by atoms with van der Waals surface area (Å²) in [6.45, 7) is 0.171. The first-order chi connectivity index (χ1) is 7.47. The van der Waals surface area contributed by atoms with Gasteiger partial charge in [0.1, 0.15) is 9.84 Å². The fourth-order valence-corrected chi connectivity index (χ4v) is 1.69. The highest BCUT2D eigenvalue weighted by atomic mass is 32.2. The molecule has 1 N–H and O–H groups in total. The summed E-state index contributed by atoms with van der Waals surface area (Å²) in [5.41, 5.74) is 0.916. The maximum Gasteiger partial charge on any atom is 0.224 e. The van der Waals surface area contributed by atoms with Crippen molar-refractivity contribution in [2.75, 3.05) is 18.6 Å². The number of nitrogens with one attached hydrogen (secondary N) is 1. The van der Waals surface area contributed by atoms with Crippen molar-refractivity contribution in [2.45, 2.75) is 6.42 Å². The van der Waals surface area contributed by atoms with Gasteiger partial charge in [-0.15, -0.1) is 0 Å². The summed E-state index contributed by atoms with van der Waals surface area (Å²) in [4.78, 5) is 11.4. The Morgan fingerprint density at radius 2 is 1.88 bits per heavy atom. The van der Waals surface area contributed by atoms with E-state index < -0.39 is 9.84 Å². The predicted molar refractivity (Wildman–Crippen MR) is 62.9 cm³/mol. The Labute approximate surface area is 95.6 Å². The Morgan fingerprint density at radius 3 is 2.44 bits per heavy atom. The highest BCUT2D eigenvalue weighted by Crippen LogP contribution is 1.98. The van der Waals surface area contributed by atoms with Gasteiger partial charge in [0.2, 0.25) is 5.91 Å². The van der Waals surface area contributed by atoms with Crippen molar-refractivity contribution in [3.8, 4) is 0 Å². The van der Waals surface area contributed by atoms with Gasteiger partial charge >= 0.3 is 0 Å². The summed E-state index contributed by atoms with van der Waals surface area (Å²) in [6.07, 6.45) is 1.43. The highest BCUT2D eigenvalue weighted by molar-refractivity contribution is 7.90. The minimum absolute atomic E-state index is 0.0203. The minimum Gasteiger partial charge on any atom is -0.355 e. The lowest BCUT2D eigenvalue weighted by atomic mass is 10.1. The van der Waals surface area contributed by atoms with E-state index in [0.29, 0.717) is 0 Å². The maximum atomic E-state index is 11.4. The lowest BCUT2D eigenvalue weighted by Gasteiger charge is -2.04. The van der Waals surface area contributed by atoms with E-state index in [4.69, 9.17) is 0 Å². The Morgan fingerprint density at radius 1 is 1.25 bits per heavy atom. The summed E-state index contributed by atoms with van der Waals surface area (Å²) in [5.74, 6) is -0.178. The second kappa shape index (κ2) is 5.65. The van der Waals surface area contributed by atoms with Gasteiger partial charge in [-0.25, -0.2) is 8.42 Å². The van der Waals surface area contributed by atoms with E-state index in [0.717, 1.165) is 11.8 Å². The van der Waals surface area contributed by atoms with Crippen LogP contribution in [0.5, 0.6) is 0 Å². The lowest BCUT2D eigenvalue weighted by Crippen LogP contribution is -2.29. The third-order valence-electron chi connectivity index (χ3n) is 2.00. The van der Waals surface area contributed by atoms with Crippen LogP contribution in [-0.2, 0) is 21.1 Å². The van der Waals surface area contributed by atoms with E-state index >= 15 is 0 Å². The first-order valence-corrected chi connectivity index (χ1v) is 7.02. The molecule has 1 aromatic carbocycles. The molecule has 0 saturated carbocycles. The van der Waals surface area contributed by atoms with E-state index in [1.165, 1.54) is 0 Å². The number of benzene rings is 1. The number of rotatable bonds is 5. The first-order valence-electron chi connectivity index (χ1n) is 4.96. The van der Waals surface area contributed by atoms with Crippen LogP contribution in [0.25, 0.3) is 0 Å². The predicted octanol–water partition coefficient (Wildman–Crippen LogP) is 0.390. The zero-order valence-electron chi connectivity index (χ0n) is 9.14. The van der Waals surface area contributed by atoms with Gasteiger partial charge in [0.05, 0.1) is 12.2 Å². The largest absolute Gasteiger partial charge is 0.355 e. The van der Waals surface area contributed by atoms with Crippen LogP contribution in [0.15, 0.2) is 30.3 Å². The smallest absolute Gasteiger partial charge is 0.224 e. The van der Waals surface area contributed by atoms with E-state index in [-0.39, 0.29) is 24.6 Å². The monoisotopic (exact) mass is 241 g/mol. The third kappa shape index (κ3) is 5.50. The number of carbonyl (C=O) groups is 1. The fraction of sp³-hybridized carbons (Fsp3) is 0.364. The van der Waals surface area contributed by atoms with Crippen LogP contribution in [0.4, 0.5) is 0 Å². The van der Waals surface area contributed by atoms with Gasteiger partial charge in [-0.3, -0.25) is 4.79 Å². The van der Waals surface area contributed by atoms with Crippen LogP contribution in [0.2, 0.25) is 0 Å². The Hall–Kier alpha value is -1.36. The number of carbonyl (C=O) groups excluding carboxylic acids is 1. The zero-order chi connectivity index (χ0) is 12.0. The molecule has 0 aliphatic heterocycles. The summed E-state index contributed by atoms with van der Waals surface area (Å²) in [5, 5.41) is 2.57. The normalized spacial score (nSPS) is 11.1. The average Bonchev–Trinajstić information content (AvgIpc) is 2.17. The van der Waals surface area contributed by atoms with Gasteiger partial charge in [0, 0.05) is 12.8 Å². The van der Waals surface area contributed by atoms with Crippen molar-refractivity contribution in [2.24, 2.45) is 0 Å². The summed E-state index contributed by atoms with van der Waals surface area (Å²) in [7, 11) is -3.01. The van der Waals surface area contributed by atoms with Crippen LogP contribution < -0.4 is 5.32 Å². The molecule has 1 rings (SSSR count). The average molecular weight is 241 g/mol. The third-order valence-corrected chi connectivity index (χ3v) is 2.95. The molecule has 0 unspecified atom stereocenters. The molecule has 0 saturated heterocycles. The Bertz CT molecular complexity index is 440. The molecule has 88 valence electrons. The molecular weight excluding hydrogens is 226 g/mol. The SMILES string of the molecule is CS(=O)(=O)CCNC(=O)Cc1ccccc1. The number of hydrogen-bond acceptors (Lipinski definition) is 3. The summed E-state index contributed by atoms with van der Waals surface area (Å²) < 4.78 is 21.6. The Balaban J connectivity index is 2.32. The number of amides is 1. The van der Waals surface area contributed by atoms with Gasteiger partial charge in [-0.1, -0.05) is 30.3 Å². The topological polar surface area (TPSA) is 63.2 Å². The van der Waals surface area contributed by atoms with Crippen molar-refractivity contribution in [1.29, 1.82) is 0 Å². The van der Waals surface area contributed by atoms with Gasteiger partial charge in [-0.2, -0.15) is 0 Å². The molecule has 0 spiro atoms. The van der Waals surface area contributed by atoms with Gasteiger partial charge in [0.25, 0.3) is 0 Å². The molecule has 0 fully saturated rings. The highest BCUT2D eigenvalue weighted by Gasteiger charge is 2.05. The molecular formula is C11H15NO3S. The standard InChI is InChI=1S/C11H15NO3S/c1-16(14,15)8-7-12-11(13)9-10-5-3-2-4-6-10/h2-6H,7-9H2,1H3,(H,12,13). The number of sulfone groups is 1. The van der Waals surface area contributed by atoms with Crippen molar-refractivity contribution >= 4 is 15.7 Å². The quantitative estimate of drug-likeness (QED) is 0.811. The van der Waals surface area contributed by atoms with E-state index in [9.17, 15) is 13.2 Å². The van der Waals surface area contributed by atoms with Crippen molar-refractivity contribution in [3.63, 3.8) is 0 Å². The first kappa shape index (κ1) is 12.7. The van der Waals surface area contributed by atoms with Crippen LogP contribution >= 0.6 is 0 Å². The second-order valence-corrected chi connectivity index (χ2v) is 5.90. The second-order valence-electron chi connectivity index (χ2n) is 3.64. The van der Waals surface area contributed by atoms with Gasteiger partial charge < -0.3 is 5.32 Å². The maximum absolute atomic E-state index is 11.4. The minimum atomic E-state index is -3.01. The zero-order valence-corrected chi connectivity index (χ0v) is 9.96. The molecule has 4 nitrogen and oxygen atoms in total. The molecule has 1 amide bonds. The van der Waals surface area contributed by atoms with Crippen LogP contribution in [0.3, 0.4) is 0 Å². The molecule has 16 heavy (non-hydrogen) atoms. The molecule has 1 aromatic rings. The molecule has 0 atom stereocenters. The van der Waals surface area contributed by atoms with E-state index in [2.05, 4.69) is 5.32 Å². The molecule has 0 radical (unpaired) electrons. The summed E-state index contributed by atoms with van der Waals surface area (Å²) >= 11 is 0. The van der Waals surface area contributed by atoms with Gasteiger partial charge in [0.15, 0.2) is 0 Å². The van der Waals surface area contributed by atoms with E-state index in [1.54, 1.807) is 0 Å². The van der Waals surface area contributed by atoms with Crippen LogP contribution in [-0.4, -0.2) is 32.9 Å². The molecule has 0 aromatic heterocycles. The molecule has 0 aliphatic carbocycles. The van der Waals surface area contributed by atoms with Crippen molar-refractivity contribution < 1.29 is 13.2 Å². The summed E-state index contributed by atoms with van der Waals surface area (Å²) in [6, 6.07) is 9.32. The molecule has 0 aliphatic rings.